The van der Waals surface area contributed by atoms with Crippen molar-refractivity contribution >= 4 is 29.3 Å². The predicted octanol–water partition coefficient (Wildman–Crippen LogP) is 1.19. The van der Waals surface area contributed by atoms with Crippen LogP contribution in [0.3, 0.4) is 0 Å². The van der Waals surface area contributed by atoms with Crippen molar-refractivity contribution in [1.82, 2.24) is 9.55 Å². The van der Waals surface area contributed by atoms with Gasteiger partial charge in [-0.1, -0.05) is 19.1 Å². The maximum Gasteiger partial charge on any atom is 0.329 e. The van der Waals surface area contributed by atoms with Gasteiger partial charge in [0.25, 0.3) is 5.56 Å². The van der Waals surface area contributed by atoms with Gasteiger partial charge in [0.05, 0.1) is 5.75 Å². The molecule has 0 spiro atoms. The summed E-state index contributed by atoms with van der Waals surface area (Å²) in [6, 6.07) is 5.92. The van der Waals surface area contributed by atoms with E-state index in [4.69, 9.17) is 10.5 Å². The fraction of sp³-hybridized carbons (Fsp3) is 0.294. The molecular formula is C17H18FN3O5S. The Morgan fingerprint density at radius 2 is 2.00 bits per heavy atom. The summed E-state index contributed by atoms with van der Waals surface area (Å²) in [4.78, 5) is 49.9. The van der Waals surface area contributed by atoms with E-state index < -0.39 is 41.0 Å². The Hall–Kier alpha value is -2.88. The first kappa shape index (κ1) is 20.4. The number of anilines is 1. The number of carbonyl (C=O) groups is 2. The summed E-state index contributed by atoms with van der Waals surface area (Å²) in [5, 5.41) is 0. The van der Waals surface area contributed by atoms with Gasteiger partial charge in [-0.05, 0) is 18.6 Å². The van der Waals surface area contributed by atoms with Crippen LogP contribution in [0.25, 0.3) is 0 Å². The molecule has 0 radical (unpaired) electrons. The van der Waals surface area contributed by atoms with Crippen LogP contribution in [0.15, 0.2) is 38.8 Å². The quantitative estimate of drug-likeness (QED) is 0.391. The molecule has 144 valence electrons. The lowest BCUT2D eigenvalue weighted by molar-refractivity contribution is -0.139. The minimum Gasteiger partial charge on any atom is -0.457 e. The van der Waals surface area contributed by atoms with Crippen LogP contribution in [0.5, 0.6) is 0 Å². The largest absolute Gasteiger partial charge is 0.457 e. The van der Waals surface area contributed by atoms with E-state index >= 15 is 0 Å². The molecule has 27 heavy (non-hydrogen) atoms. The van der Waals surface area contributed by atoms with Gasteiger partial charge in [-0.3, -0.25) is 23.9 Å². The van der Waals surface area contributed by atoms with Crippen LogP contribution in [0.1, 0.15) is 23.7 Å². The molecule has 1 heterocycles. The molecule has 0 bridgehead atoms. The smallest absolute Gasteiger partial charge is 0.329 e. The molecule has 0 aliphatic rings. The first-order valence-electron chi connectivity index (χ1n) is 8.03. The SMILES string of the molecule is CCCn1c(N)c(C(=O)COC(=O)CSc2ccccc2F)c(=O)[nH]c1=O. The number of nitrogens with zero attached hydrogens (tertiary/aromatic N) is 1. The van der Waals surface area contributed by atoms with Crippen molar-refractivity contribution in [3.05, 3.63) is 56.5 Å². The number of carbonyl (C=O) groups excluding carboxylic acids is 2. The van der Waals surface area contributed by atoms with Crippen molar-refractivity contribution in [2.75, 3.05) is 18.1 Å². The number of hydrogen-bond donors (Lipinski definition) is 2. The minimum absolute atomic E-state index is 0.213. The Morgan fingerprint density at radius 3 is 2.67 bits per heavy atom. The number of aromatic nitrogens is 2. The van der Waals surface area contributed by atoms with Crippen molar-refractivity contribution in [2.45, 2.75) is 24.8 Å². The van der Waals surface area contributed by atoms with E-state index in [1.54, 1.807) is 13.0 Å². The number of esters is 1. The van der Waals surface area contributed by atoms with Crippen LogP contribution in [-0.2, 0) is 16.1 Å². The minimum atomic E-state index is -0.938. The number of H-pyrrole nitrogens is 1. The van der Waals surface area contributed by atoms with Crippen LogP contribution in [0.2, 0.25) is 0 Å². The molecule has 8 nitrogen and oxygen atoms in total. The van der Waals surface area contributed by atoms with Gasteiger partial charge in [0, 0.05) is 11.4 Å². The van der Waals surface area contributed by atoms with E-state index in [0.29, 0.717) is 6.42 Å². The molecular weight excluding hydrogens is 377 g/mol. The summed E-state index contributed by atoms with van der Waals surface area (Å²) in [6.45, 7) is 1.31. The molecule has 3 N–H and O–H groups in total. The number of hydrogen-bond acceptors (Lipinski definition) is 7. The van der Waals surface area contributed by atoms with Crippen molar-refractivity contribution in [1.29, 1.82) is 0 Å². The normalized spacial score (nSPS) is 10.6. The highest BCUT2D eigenvalue weighted by Crippen LogP contribution is 2.21. The Kier molecular flexibility index (Phi) is 6.94. The molecule has 10 heteroatoms. The molecule has 0 aliphatic carbocycles. The van der Waals surface area contributed by atoms with Crippen molar-refractivity contribution < 1.29 is 18.7 Å². The zero-order valence-electron chi connectivity index (χ0n) is 14.5. The van der Waals surface area contributed by atoms with E-state index in [0.717, 1.165) is 16.3 Å². The average molecular weight is 395 g/mol. The van der Waals surface area contributed by atoms with Crippen molar-refractivity contribution in [3.63, 3.8) is 0 Å². The Morgan fingerprint density at radius 1 is 1.30 bits per heavy atom. The number of Topliss-reactive ketones (excluding diaryl/α,β-unsaturated/α-hetero) is 1. The molecule has 1 aromatic carbocycles. The number of rotatable bonds is 8. The summed E-state index contributed by atoms with van der Waals surface area (Å²) in [7, 11) is 0. The summed E-state index contributed by atoms with van der Waals surface area (Å²) < 4.78 is 19.4. The fourth-order valence-corrected chi connectivity index (χ4v) is 3.00. The second kappa shape index (κ2) is 9.17. The highest BCUT2D eigenvalue weighted by molar-refractivity contribution is 8.00. The van der Waals surface area contributed by atoms with E-state index in [2.05, 4.69) is 0 Å². The highest BCUT2D eigenvalue weighted by Gasteiger charge is 2.20. The number of nitrogens with two attached hydrogens (primary N) is 1. The first-order valence-corrected chi connectivity index (χ1v) is 9.02. The van der Waals surface area contributed by atoms with Gasteiger partial charge < -0.3 is 10.5 Å². The molecule has 0 unspecified atom stereocenters. The van der Waals surface area contributed by atoms with E-state index in [-0.39, 0.29) is 23.0 Å². The van der Waals surface area contributed by atoms with Crippen LogP contribution in [0.4, 0.5) is 10.2 Å². The van der Waals surface area contributed by atoms with E-state index in [1.807, 2.05) is 4.98 Å². The zero-order valence-corrected chi connectivity index (χ0v) is 15.3. The molecule has 0 atom stereocenters. The molecule has 2 aromatic rings. The summed E-state index contributed by atoms with van der Waals surface area (Å²) in [5.74, 6) is -2.54. The molecule has 0 saturated carbocycles. The highest BCUT2D eigenvalue weighted by atomic mass is 32.2. The number of thioether (sulfide) groups is 1. The fourth-order valence-electron chi connectivity index (χ4n) is 2.26. The molecule has 2 rings (SSSR count). The third-order valence-electron chi connectivity index (χ3n) is 3.51. The molecule has 1 aromatic heterocycles. The first-order chi connectivity index (χ1) is 12.8. The van der Waals surface area contributed by atoms with E-state index in [9.17, 15) is 23.6 Å². The van der Waals surface area contributed by atoms with Gasteiger partial charge in [-0.2, -0.15) is 0 Å². The summed E-state index contributed by atoms with van der Waals surface area (Å²) in [6.07, 6.45) is 0.562. The van der Waals surface area contributed by atoms with Crippen LogP contribution in [0, 0.1) is 5.82 Å². The van der Waals surface area contributed by atoms with Gasteiger partial charge in [0.15, 0.2) is 6.61 Å². The number of ketones is 1. The zero-order chi connectivity index (χ0) is 20.0. The average Bonchev–Trinajstić information content (AvgIpc) is 2.62. The third-order valence-corrected chi connectivity index (χ3v) is 4.53. The van der Waals surface area contributed by atoms with E-state index in [1.165, 1.54) is 18.2 Å². The van der Waals surface area contributed by atoms with Crippen molar-refractivity contribution in [3.8, 4) is 0 Å². The second-order valence-corrected chi connectivity index (χ2v) is 6.49. The van der Waals surface area contributed by atoms with Gasteiger partial charge >= 0.3 is 11.7 Å². The Bertz CT molecular complexity index is 970. The Labute approximate surface area is 157 Å². The monoisotopic (exact) mass is 395 g/mol. The Balaban J connectivity index is 2.02. The summed E-state index contributed by atoms with van der Waals surface area (Å²) >= 11 is 0.921. The molecule has 0 fully saturated rings. The lowest BCUT2D eigenvalue weighted by Crippen LogP contribution is -2.37. The predicted molar refractivity (Wildman–Crippen MR) is 98.4 cm³/mol. The molecule has 0 amide bonds. The van der Waals surface area contributed by atoms with Crippen LogP contribution < -0.4 is 17.0 Å². The number of benzene rings is 1. The lowest BCUT2D eigenvalue weighted by Gasteiger charge is -2.11. The van der Waals surface area contributed by atoms with Crippen LogP contribution >= 0.6 is 11.8 Å². The van der Waals surface area contributed by atoms with Gasteiger partial charge in [0.2, 0.25) is 5.78 Å². The topological polar surface area (TPSA) is 124 Å². The van der Waals surface area contributed by atoms with Crippen molar-refractivity contribution in [2.24, 2.45) is 0 Å². The lowest BCUT2D eigenvalue weighted by atomic mass is 10.2. The number of ether oxygens (including phenoxy) is 1. The molecule has 0 aliphatic heterocycles. The second-order valence-electron chi connectivity index (χ2n) is 5.47. The maximum atomic E-state index is 13.5. The summed E-state index contributed by atoms with van der Waals surface area (Å²) in [5.41, 5.74) is 3.68. The molecule has 0 saturated heterocycles. The van der Waals surface area contributed by atoms with Gasteiger partial charge in [0.1, 0.15) is 17.2 Å². The number of nitrogen functional groups attached to an aromatic ring is 1. The number of aromatic amines is 1. The number of halogens is 1. The number of nitrogens with one attached hydrogen (secondary N) is 1. The third kappa shape index (κ3) is 5.07. The van der Waals surface area contributed by atoms with Gasteiger partial charge in [-0.15, -0.1) is 11.8 Å². The van der Waals surface area contributed by atoms with Gasteiger partial charge in [-0.25, -0.2) is 9.18 Å². The standard InChI is InChI=1S/C17H18FN3O5S/c1-2-7-21-15(19)14(16(24)20-17(21)25)11(22)8-26-13(23)9-27-12-6-4-3-5-10(12)18/h3-6H,2,7-9,19H2,1H3,(H,20,24,25). The maximum absolute atomic E-state index is 13.5. The van der Waals surface area contributed by atoms with Crippen LogP contribution in [-0.4, -0.2) is 33.7 Å².